The van der Waals surface area contributed by atoms with Crippen LogP contribution in [0.4, 0.5) is 0 Å². The van der Waals surface area contributed by atoms with Crippen molar-refractivity contribution in [1.29, 1.82) is 0 Å². The third kappa shape index (κ3) is 7.19. The fourth-order valence-electron chi connectivity index (χ4n) is 1.81. The minimum atomic E-state index is -0.746. The zero-order valence-electron chi connectivity index (χ0n) is 13.2. The van der Waals surface area contributed by atoms with Gasteiger partial charge in [-0.15, -0.1) is 0 Å². The van der Waals surface area contributed by atoms with E-state index in [9.17, 15) is 14.4 Å². The lowest BCUT2D eigenvalue weighted by Gasteiger charge is -2.22. The molecule has 21 heavy (non-hydrogen) atoms. The van der Waals surface area contributed by atoms with Gasteiger partial charge in [-0.25, -0.2) is 5.43 Å². The minimum Gasteiger partial charge on any atom is -0.344 e. The van der Waals surface area contributed by atoms with Gasteiger partial charge < -0.3 is 10.6 Å². The Morgan fingerprint density at radius 2 is 1.76 bits per heavy atom. The Balaban J connectivity index is 4.43. The number of hydrogen-bond donors (Lipinski definition) is 4. The molecule has 0 bridgehead atoms. The van der Waals surface area contributed by atoms with Crippen molar-refractivity contribution >= 4 is 18.1 Å². The Labute approximate surface area is 126 Å². The highest BCUT2D eigenvalue weighted by molar-refractivity contribution is 5.90. The number of unbranched alkanes of at least 4 members (excludes halogenated alkanes) is 1. The fraction of sp³-hybridized carbons (Fsp3) is 0.786. The Bertz CT molecular complexity index is 347. The molecular weight excluding hydrogens is 272 g/mol. The Morgan fingerprint density at radius 1 is 1.14 bits per heavy atom. The highest BCUT2D eigenvalue weighted by Crippen LogP contribution is 2.02. The first-order valence-corrected chi connectivity index (χ1v) is 7.31. The monoisotopic (exact) mass is 299 g/mol. The van der Waals surface area contributed by atoms with Crippen LogP contribution in [0.15, 0.2) is 0 Å². The standard InChI is InChI=1S/C14H27N4O3/c1-5-6-7-11(8-19)17-13(20)10(4)16-14(21)12(18-15)9(2)3/h9-12,18H,5-7,15H2,1-4H3,(H,16,21)(H,17,20)/t10-,11-,12-/m0/s1. The van der Waals surface area contributed by atoms with Crippen molar-refractivity contribution in [2.24, 2.45) is 11.8 Å². The van der Waals surface area contributed by atoms with Gasteiger partial charge in [-0.05, 0) is 19.3 Å². The summed E-state index contributed by atoms with van der Waals surface area (Å²) in [6.45, 7) is 7.25. The van der Waals surface area contributed by atoms with E-state index < -0.39 is 24.0 Å². The predicted molar refractivity (Wildman–Crippen MR) is 80.7 cm³/mol. The van der Waals surface area contributed by atoms with Crippen LogP contribution in [-0.2, 0) is 14.4 Å². The summed E-state index contributed by atoms with van der Waals surface area (Å²) in [6, 6.07) is -1.95. The second-order valence-corrected chi connectivity index (χ2v) is 5.44. The first-order chi connectivity index (χ1) is 9.87. The molecule has 0 rings (SSSR count). The molecule has 0 aliphatic carbocycles. The molecule has 0 aliphatic rings. The molecule has 2 amide bonds. The number of hydrazine groups is 1. The molecule has 0 fully saturated rings. The Kier molecular flexibility index (Phi) is 9.56. The molecule has 0 saturated heterocycles. The van der Waals surface area contributed by atoms with Crippen LogP contribution in [0.1, 0.15) is 47.0 Å². The lowest BCUT2D eigenvalue weighted by molar-refractivity contribution is -0.130. The molecule has 7 heteroatoms. The van der Waals surface area contributed by atoms with Crippen LogP contribution in [0.5, 0.6) is 0 Å². The number of rotatable bonds is 10. The van der Waals surface area contributed by atoms with Gasteiger partial charge in [-0.2, -0.15) is 0 Å². The summed E-state index contributed by atoms with van der Waals surface area (Å²) in [5.41, 5.74) is 2.42. The van der Waals surface area contributed by atoms with Crippen molar-refractivity contribution in [3.05, 3.63) is 0 Å². The molecule has 3 atom stereocenters. The Morgan fingerprint density at radius 3 is 2.19 bits per heavy atom. The van der Waals surface area contributed by atoms with Crippen LogP contribution in [-0.4, -0.2) is 36.2 Å². The highest BCUT2D eigenvalue weighted by Gasteiger charge is 2.25. The van der Waals surface area contributed by atoms with Gasteiger partial charge in [0.1, 0.15) is 12.1 Å². The SMILES string of the molecule is CCCC[C@@H]([C]=O)NC(=O)[C@H](C)NC(=O)[C@@H](NN)C(C)C. The summed E-state index contributed by atoms with van der Waals surface area (Å²) < 4.78 is 0. The molecule has 0 saturated carbocycles. The van der Waals surface area contributed by atoms with Crippen molar-refractivity contribution in [3.63, 3.8) is 0 Å². The van der Waals surface area contributed by atoms with Crippen molar-refractivity contribution < 1.29 is 14.4 Å². The third-order valence-corrected chi connectivity index (χ3v) is 3.19. The van der Waals surface area contributed by atoms with Gasteiger partial charge in [-0.1, -0.05) is 33.6 Å². The van der Waals surface area contributed by atoms with E-state index in [-0.39, 0.29) is 11.8 Å². The molecule has 1 radical (unpaired) electrons. The molecule has 121 valence electrons. The summed E-state index contributed by atoms with van der Waals surface area (Å²) in [7, 11) is 0. The summed E-state index contributed by atoms with van der Waals surface area (Å²) >= 11 is 0. The third-order valence-electron chi connectivity index (χ3n) is 3.19. The first kappa shape index (κ1) is 19.5. The van der Waals surface area contributed by atoms with Gasteiger partial charge in [0.2, 0.25) is 18.1 Å². The maximum Gasteiger partial charge on any atom is 0.242 e. The van der Waals surface area contributed by atoms with E-state index in [1.165, 1.54) is 0 Å². The summed E-state index contributed by atoms with van der Waals surface area (Å²) in [5.74, 6) is 4.55. The topological polar surface area (TPSA) is 113 Å². The van der Waals surface area contributed by atoms with E-state index >= 15 is 0 Å². The smallest absolute Gasteiger partial charge is 0.242 e. The predicted octanol–water partition coefficient (Wildman–Crippen LogP) is -0.236. The van der Waals surface area contributed by atoms with Crippen LogP contribution in [0.25, 0.3) is 0 Å². The molecule has 7 nitrogen and oxygen atoms in total. The number of nitrogens with two attached hydrogens (primary N) is 1. The molecule has 0 heterocycles. The summed E-state index contributed by atoms with van der Waals surface area (Å²) in [6.07, 6.45) is 4.10. The van der Waals surface area contributed by atoms with Gasteiger partial charge in [0.25, 0.3) is 0 Å². The number of carbonyl (C=O) groups excluding carboxylic acids is 3. The van der Waals surface area contributed by atoms with Gasteiger partial charge in [-0.3, -0.25) is 20.2 Å². The first-order valence-electron chi connectivity index (χ1n) is 7.31. The van der Waals surface area contributed by atoms with E-state index in [0.29, 0.717) is 6.42 Å². The molecule has 5 N–H and O–H groups in total. The number of amides is 2. The van der Waals surface area contributed by atoms with Crippen molar-refractivity contribution in [1.82, 2.24) is 16.1 Å². The minimum absolute atomic E-state index is 0.00845. The lowest BCUT2D eigenvalue weighted by atomic mass is 10.0. The van der Waals surface area contributed by atoms with E-state index in [2.05, 4.69) is 16.1 Å². The largest absolute Gasteiger partial charge is 0.344 e. The van der Waals surface area contributed by atoms with Gasteiger partial charge in [0, 0.05) is 0 Å². The van der Waals surface area contributed by atoms with Crippen LogP contribution < -0.4 is 21.9 Å². The van der Waals surface area contributed by atoms with E-state index in [1.807, 2.05) is 20.8 Å². The van der Waals surface area contributed by atoms with Crippen molar-refractivity contribution in [3.8, 4) is 0 Å². The van der Waals surface area contributed by atoms with E-state index in [4.69, 9.17) is 5.84 Å². The van der Waals surface area contributed by atoms with Crippen LogP contribution in [0.2, 0.25) is 0 Å². The molecule has 0 unspecified atom stereocenters. The van der Waals surface area contributed by atoms with Gasteiger partial charge >= 0.3 is 0 Å². The average molecular weight is 299 g/mol. The van der Waals surface area contributed by atoms with Gasteiger partial charge in [0.15, 0.2) is 0 Å². The number of carbonyl (C=O) groups is 2. The number of hydrogen-bond acceptors (Lipinski definition) is 5. The Hall–Kier alpha value is -1.47. The van der Waals surface area contributed by atoms with Crippen molar-refractivity contribution in [2.75, 3.05) is 0 Å². The molecule has 0 aromatic heterocycles. The summed E-state index contributed by atoms with van der Waals surface area (Å²) in [4.78, 5) is 34.7. The van der Waals surface area contributed by atoms with E-state index in [0.717, 1.165) is 12.8 Å². The summed E-state index contributed by atoms with van der Waals surface area (Å²) in [5, 5.41) is 5.14. The molecule has 0 aromatic rings. The highest BCUT2D eigenvalue weighted by atomic mass is 16.2. The fourth-order valence-corrected chi connectivity index (χ4v) is 1.81. The second kappa shape index (κ2) is 10.3. The second-order valence-electron chi connectivity index (χ2n) is 5.44. The normalized spacial score (nSPS) is 15.1. The zero-order valence-corrected chi connectivity index (χ0v) is 13.2. The van der Waals surface area contributed by atoms with Crippen LogP contribution in [0.3, 0.4) is 0 Å². The van der Waals surface area contributed by atoms with Crippen molar-refractivity contribution in [2.45, 2.75) is 65.1 Å². The van der Waals surface area contributed by atoms with Gasteiger partial charge in [0.05, 0.1) is 6.04 Å². The lowest BCUT2D eigenvalue weighted by Crippen LogP contribution is -2.55. The molecule has 0 aromatic carbocycles. The van der Waals surface area contributed by atoms with Crippen LogP contribution in [0, 0.1) is 5.92 Å². The molecule has 0 spiro atoms. The van der Waals surface area contributed by atoms with Crippen LogP contribution >= 0.6 is 0 Å². The molecular formula is C14H27N4O3. The maximum atomic E-state index is 11.9. The average Bonchev–Trinajstić information content (AvgIpc) is 2.43. The van der Waals surface area contributed by atoms with E-state index in [1.54, 1.807) is 13.2 Å². The zero-order chi connectivity index (χ0) is 16.4. The maximum absolute atomic E-state index is 11.9. The quantitative estimate of drug-likeness (QED) is 0.328. The molecule has 0 aliphatic heterocycles. The number of nitrogens with one attached hydrogen (secondary N) is 3.